The molecule has 2 N–H and O–H groups in total. The van der Waals surface area contributed by atoms with Crippen LogP contribution >= 0.6 is 11.3 Å². The van der Waals surface area contributed by atoms with E-state index in [1.165, 1.54) is 6.92 Å². The molecule has 0 radical (unpaired) electrons. The van der Waals surface area contributed by atoms with Crippen molar-refractivity contribution in [1.82, 2.24) is 14.6 Å². The fourth-order valence-electron chi connectivity index (χ4n) is 1.53. The molecule has 0 aliphatic heterocycles. The lowest BCUT2D eigenvalue weighted by Gasteiger charge is -2.19. The molecule has 0 aromatic carbocycles. The molecule has 9 heteroatoms. The Morgan fingerprint density at radius 2 is 2.05 bits per heavy atom. The highest BCUT2D eigenvalue weighted by molar-refractivity contribution is 7.91. The number of hydrogen-bond acceptors (Lipinski definition) is 5. The fraction of sp³-hybridized carbons (Fsp3) is 0.600. The molecule has 1 amide bonds. The van der Waals surface area contributed by atoms with Crippen LogP contribution in [-0.4, -0.2) is 43.2 Å². The molecule has 0 saturated heterocycles. The molecule has 0 atom stereocenters. The third-order valence-corrected chi connectivity index (χ3v) is 5.90. The van der Waals surface area contributed by atoms with Gasteiger partial charge in [-0.1, -0.05) is 18.3 Å². The van der Waals surface area contributed by atoms with Crippen molar-refractivity contribution in [3.63, 3.8) is 0 Å². The van der Waals surface area contributed by atoms with Crippen molar-refractivity contribution in [2.24, 2.45) is 0 Å². The van der Waals surface area contributed by atoms with E-state index in [9.17, 15) is 18.0 Å². The summed E-state index contributed by atoms with van der Waals surface area (Å²) in [5.74, 6) is -0.367. The topological polar surface area (TPSA) is 99.3 Å². The molecule has 19 heavy (non-hydrogen) atoms. The van der Waals surface area contributed by atoms with Crippen LogP contribution in [0, 0.1) is 6.92 Å². The average molecular weight is 307 g/mol. The highest BCUT2D eigenvalue weighted by Gasteiger charge is 2.28. The highest BCUT2D eigenvalue weighted by Crippen LogP contribution is 2.20. The Morgan fingerprint density at radius 1 is 1.42 bits per heavy atom. The lowest BCUT2D eigenvalue weighted by atomic mass is 10.5. The summed E-state index contributed by atoms with van der Waals surface area (Å²) < 4.78 is 25.7. The number of likely N-dealkylation sites (N-methyl/N-ethyl adjacent to an activating group) is 2. The molecule has 0 bridgehead atoms. The number of sulfonamides is 1. The number of carbonyl (C=O) groups excluding carboxylic acids is 1. The molecule has 7 nitrogen and oxygen atoms in total. The number of carbonyl (C=O) groups is 1. The Balaban J connectivity index is 3.06. The number of nitrogens with zero attached hydrogens (tertiary/aromatic N) is 1. The minimum Gasteiger partial charge on any atom is -0.355 e. The van der Waals surface area contributed by atoms with Crippen molar-refractivity contribution in [3.8, 4) is 0 Å². The molecule has 1 aromatic rings. The second kappa shape index (κ2) is 6.31. The number of hydrogen-bond donors (Lipinski definition) is 2. The van der Waals surface area contributed by atoms with E-state index in [0.717, 1.165) is 4.31 Å². The van der Waals surface area contributed by atoms with Gasteiger partial charge in [0.15, 0.2) is 4.21 Å². The Kier molecular flexibility index (Phi) is 5.27. The molecule has 0 aliphatic carbocycles. The summed E-state index contributed by atoms with van der Waals surface area (Å²) in [7, 11) is -3.81. The molecule has 108 valence electrons. The van der Waals surface area contributed by atoms with Crippen molar-refractivity contribution in [2.75, 3.05) is 19.6 Å². The quantitative estimate of drug-likeness (QED) is 0.766. The smallest absolute Gasteiger partial charge is 0.305 e. The van der Waals surface area contributed by atoms with Crippen molar-refractivity contribution in [3.05, 3.63) is 15.4 Å². The van der Waals surface area contributed by atoms with Crippen molar-refractivity contribution < 1.29 is 13.2 Å². The summed E-state index contributed by atoms with van der Waals surface area (Å²) >= 11 is 0.633. The van der Waals surface area contributed by atoms with Crippen LogP contribution in [0.3, 0.4) is 0 Å². The van der Waals surface area contributed by atoms with E-state index in [1.54, 1.807) is 13.8 Å². The largest absolute Gasteiger partial charge is 0.355 e. The molecule has 0 fully saturated rings. The number of amides is 1. The van der Waals surface area contributed by atoms with Gasteiger partial charge in [-0.15, -0.1) is 0 Å². The van der Waals surface area contributed by atoms with E-state index >= 15 is 0 Å². The normalized spacial score (nSPS) is 11.8. The van der Waals surface area contributed by atoms with Gasteiger partial charge < -0.3 is 10.3 Å². The van der Waals surface area contributed by atoms with E-state index in [0.29, 0.717) is 23.6 Å². The first kappa shape index (κ1) is 15.9. The Bertz CT molecular complexity index is 603. The molecule has 0 saturated carbocycles. The first-order chi connectivity index (χ1) is 8.82. The van der Waals surface area contributed by atoms with Gasteiger partial charge in [0, 0.05) is 18.8 Å². The fourth-order valence-corrected chi connectivity index (χ4v) is 4.37. The van der Waals surface area contributed by atoms with E-state index < -0.39 is 14.9 Å². The number of H-pyrrole nitrogens is 1. The number of aryl methyl sites for hydroxylation is 1. The Labute approximate surface area is 115 Å². The van der Waals surface area contributed by atoms with Gasteiger partial charge in [0.1, 0.15) is 0 Å². The number of aromatic amines is 1. The molecule has 0 spiro atoms. The number of aromatic nitrogens is 1. The zero-order chi connectivity index (χ0) is 14.6. The van der Waals surface area contributed by atoms with Crippen LogP contribution < -0.4 is 10.2 Å². The minimum absolute atomic E-state index is 0.0383. The van der Waals surface area contributed by atoms with E-state index in [1.807, 2.05) is 0 Å². The summed E-state index contributed by atoms with van der Waals surface area (Å²) in [6.45, 7) is 5.26. The van der Waals surface area contributed by atoms with Gasteiger partial charge in [-0.25, -0.2) is 8.42 Å². The number of thiazole rings is 1. The van der Waals surface area contributed by atoms with Crippen LogP contribution in [0.25, 0.3) is 0 Å². The lowest BCUT2D eigenvalue weighted by Crippen LogP contribution is -2.40. The van der Waals surface area contributed by atoms with Crippen LogP contribution in [0.4, 0.5) is 0 Å². The zero-order valence-electron chi connectivity index (χ0n) is 11.0. The van der Waals surface area contributed by atoms with Crippen molar-refractivity contribution in [1.29, 1.82) is 0 Å². The van der Waals surface area contributed by atoms with E-state index in [4.69, 9.17) is 0 Å². The Hall–Kier alpha value is -1.19. The molecular formula is C10H17N3O4S2. The van der Waals surface area contributed by atoms with Gasteiger partial charge in [-0.2, -0.15) is 4.31 Å². The third-order valence-electron chi connectivity index (χ3n) is 2.40. The van der Waals surface area contributed by atoms with Crippen LogP contribution in [0.5, 0.6) is 0 Å². The molecule has 1 aromatic heterocycles. The summed E-state index contributed by atoms with van der Waals surface area (Å²) in [5.41, 5.74) is 0.296. The number of rotatable bonds is 6. The van der Waals surface area contributed by atoms with E-state index in [-0.39, 0.29) is 23.2 Å². The third kappa shape index (κ3) is 3.64. The molecule has 0 unspecified atom stereocenters. The second-order valence-corrected chi connectivity index (χ2v) is 6.93. The maximum Gasteiger partial charge on any atom is 0.305 e. The first-order valence-corrected chi connectivity index (χ1v) is 8.05. The predicted octanol–water partition coefficient (Wildman–Crippen LogP) is -0.108. The van der Waals surface area contributed by atoms with Gasteiger partial charge in [0.05, 0.1) is 6.54 Å². The van der Waals surface area contributed by atoms with Crippen molar-refractivity contribution in [2.45, 2.75) is 25.0 Å². The monoisotopic (exact) mass is 307 g/mol. The summed E-state index contributed by atoms with van der Waals surface area (Å²) in [4.78, 5) is 24.7. The number of nitrogens with one attached hydrogen (secondary N) is 2. The van der Waals surface area contributed by atoms with Crippen LogP contribution in [-0.2, 0) is 14.8 Å². The Morgan fingerprint density at radius 3 is 2.47 bits per heavy atom. The van der Waals surface area contributed by atoms with E-state index in [2.05, 4.69) is 10.3 Å². The highest BCUT2D eigenvalue weighted by atomic mass is 32.2. The lowest BCUT2D eigenvalue weighted by molar-refractivity contribution is -0.121. The standard InChI is InChI=1S/C10H17N3O4S2/c1-4-11-8(14)6-13(5-2)19(16,17)9-7(3)12-10(15)18-9/h4-6H2,1-3H3,(H,11,14)(H,12,15). The van der Waals surface area contributed by atoms with Gasteiger partial charge in [0.2, 0.25) is 5.91 Å². The van der Waals surface area contributed by atoms with Gasteiger partial charge in [-0.05, 0) is 13.8 Å². The summed E-state index contributed by atoms with van der Waals surface area (Å²) in [6, 6.07) is 0. The van der Waals surface area contributed by atoms with Gasteiger partial charge in [0.25, 0.3) is 10.0 Å². The maximum atomic E-state index is 12.3. The SMILES string of the molecule is CCNC(=O)CN(CC)S(=O)(=O)c1sc(=O)[nH]c1C. The zero-order valence-corrected chi connectivity index (χ0v) is 12.7. The summed E-state index contributed by atoms with van der Waals surface area (Å²) in [5, 5.41) is 2.54. The second-order valence-electron chi connectivity index (χ2n) is 3.81. The van der Waals surface area contributed by atoms with Crippen molar-refractivity contribution >= 4 is 27.3 Å². The van der Waals surface area contributed by atoms with Crippen LogP contribution in [0.1, 0.15) is 19.5 Å². The van der Waals surface area contributed by atoms with Gasteiger partial charge in [-0.3, -0.25) is 9.59 Å². The molecule has 1 rings (SSSR count). The average Bonchev–Trinajstić information content (AvgIpc) is 2.66. The molecular weight excluding hydrogens is 290 g/mol. The molecule has 1 heterocycles. The summed E-state index contributed by atoms with van der Waals surface area (Å²) in [6.07, 6.45) is 0. The van der Waals surface area contributed by atoms with Gasteiger partial charge >= 0.3 is 4.87 Å². The predicted molar refractivity (Wildman–Crippen MR) is 72.8 cm³/mol. The van der Waals surface area contributed by atoms with Crippen LogP contribution in [0.2, 0.25) is 0 Å². The van der Waals surface area contributed by atoms with Crippen LogP contribution in [0.15, 0.2) is 9.00 Å². The first-order valence-electron chi connectivity index (χ1n) is 5.79. The molecule has 0 aliphatic rings. The maximum absolute atomic E-state index is 12.3. The minimum atomic E-state index is -3.81.